The fraction of sp³-hybridized carbons (Fsp3) is 0.345. The summed E-state index contributed by atoms with van der Waals surface area (Å²) in [6.07, 6.45) is 0. The predicted octanol–water partition coefficient (Wildman–Crippen LogP) is 6.07. The maximum atomic E-state index is 13.0. The topological polar surface area (TPSA) is 95.6 Å². The average molecular weight is 534 g/mol. The Labute approximate surface area is 224 Å². The van der Waals surface area contributed by atoms with Crippen LogP contribution in [-0.4, -0.2) is 50.7 Å². The van der Waals surface area contributed by atoms with Gasteiger partial charge in [0.15, 0.2) is 14.1 Å². The van der Waals surface area contributed by atoms with Gasteiger partial charge in [0, 0.05) is 17.7 Å². The second-order valence-corrected chi connectivity index (χ2v) is 15.3. The van der Waals surface area contributed by atoms with Gasteiger partial charge in [0.1, 0.15) is 40.6 Å². The third kappa shape index (κ3) is 5.73. The molecule has 1 N–H and O–H groups in total. The Bertz CT molecular complexity index is 1480. The Kier molecular flexibility index (Phi) is 7.89. The van der Waals surface area contributed by atoms with Crippen LogP contribution < -0.4 is 19.8 Å². The van der Waals surface area contributed by atoms with Crippen molar-refractivity contribution in [1.29, 1.82) is 0 Å². The second-order valence-electron chi connectivity index (χ2n) is 10.5. The molecule has 0 aliphatic rings. The summed E-state index contributed by atoms with van der Waals surface area (Å²) in [6.45, 7) is 12.0. The smallest absolute Gasteiger partial charge is 0.262 e. The number of nitrogens with zero attached hydrogens (tertiary/aromatic N) is 2. The molecule has 0 saturated carbocycles. The maximum Gasteiger partial charge on any atom is 0.262 e. The van der Waals surface area contributed by atoms with E-state index in [9.17, 15) is 4.79 Å². The molecule has 0 aliphatic heterocycles. The highest BCUT2D eigenvalue weighted by atomic mass is 28.4. The van der Waals surface area contributed by atoms with Crippen molar-refractivity contribution in [3.8, 4) is 40.0 Å². The first kappa shape index (κ1) is 27.3. The Hall–Kier alpha value is -3.69. The lowest BCUT2D eigenvalue weighted by Crippen LogP contribution is -2.41. The summed E-state index contributed by atoms with van der Waals surface area (Å²) in [7, 11) is 1.19. The van der Waals surface area contributed by atoms with Gasteiger partial charge in [0.2, 0.25) is 0 Å². The Morgan fingerprint density at radius 1 is 0.895 bits per heavy atom. The van der Waals surface area contributed by atoms with Crippen molar-refractivity contribution in [2.75, 3.05) is 27.4 Å². The number of aromatic amines is 1. The van der Waals surface area contributed by atoms with Gasteiger partial charge in [0.25, 0.3) is 5.56 Å². The molecule has 9 heteroatoms. The monoisotopic (exact) mass is 533 g/mol. The van der Waals surface area contributed by atoms with Crippen molar-refractivity contribution < 1.29 is 18.6 Å². The number of fused-ring (bicyclic) bond motifs is 1. The lowest BCUT2D eigenvalue weighted by Gasteiger charge is -2.36. The minimum absolute atomic E-state index is 0.128. The van der Waals surface area contributed by atoms with E-state index in [2.05, 4.69) is 43.8 Å². The molecule has 4 rings (SSSR count). The van der Waals surface area contributed by atoms with E-state index in [0.717, 1.165) is 5.56 Å². The van der Waals surface area contributed by atoms with Gasteiger partial charge < -0.3 is 23.6 Å². The molecule has 0 spiro atoms. The third-order valence-corrected chi connectivity index (χ3v) is 11.5. The largest absolute Gasteiger partial charge is 0.497 e. The number of hydrogen-bond acceptors (Lipinski definition) is 7. The van der Waals surface area contributed by atoms with Gasteiger partial charge in [-0.1, -0.05) is 51.1 Å². The predicted molar refractivity (Wildman–Crippen MR) is 153 cm³/mol. The molecular formula is C29H35N3O5Si. The van der Waals surface area contributed by atoms with Gasteiger partial charge in [-0.05, 0) is 30.3 Å². The summed E-state index contributed by atoms with van der Waals surface area (Å²) in [5.41, 5.74) is 2.18. The summed E-state index contributed by atoms with van der Waals surface area (Å²) in [5, 5.41) is 0.477. The van der Waals surface area contributed by atoms with E-state index >= 15 is 0 Å². The van der Waals surface area contributed by atoms with Crippen LogP contribution in [0.3, 0.4) is 0 Å². The van der Waals surface area contributed by atoms with Gasteiger partial charge in [-0.2, -0.15) is 0 Å². The number of nitrogens with one attached hydrogen (secondary N) is 1. The Balaban J connectivity index is 1.69. The van der Waals surface area contributed by atoms with Gasteiger partial charge in [-0.25, -0.2) is 9.97 Å². The number of methoxy groups -OCH3 is 2. The van der Waals surface area contributed by atoms with Crippen LogP contribution in [-0.2, 0) is 4.43 Å². The normalized spacial score (nSPS) is 12.0. The molecule has 0 radical (unpaired) electrons. The number of rotatable bonds is 9. The number of benzene rings is 2. The first-order chi connectivity index (χ1) is 18.0. The Morgan fingerprint density at radius 2 is 1.63 bits per heavy atom. The average Bonchev–Trinajstić information content (AvgIpc) is 2.90. The summed E-state index contributed by atoms with van der Waals surface area (Å²) >= 11 is 0. The molecule has 2 heterocycles. The van der Waals surface area contributed by atoms with E-state index in [0.29, 0.717) is 58.6 Å². The highest BCUT2D eigenvalue weighted by molar-refractivity contribution is 6.74. The van der Waals surface area contributed by atoms with E-state index in [1.54, 1.807) is 25.3 Å². The molecule has 0 aliphatic carbocycles. The second kappa shape index (κ2) is 11.0. The molecule has 4 aromatic rings. The molecule has 0 atom stereocenters. The summed E-state index contributed by atoms with van der Waals surface area (Å²) in [4.78, 5) is 25.4. The SMILES string of the molecule is COc1cc(OC)c2c(=O)[nH]c(-c3ccc(OCCO[Si](C)(C)C(C)(C)C)c(-c4ccccc4)n3)nc2c1. The van der Waals surface area contributed by atoms with E-state index in [-0.39, 0.29) is 10.6 Å². The van der Waals surface area contributed by atoms with Crippen LogP contribution in [0.25, 0.3) is 33.7 Å². The zero-order valence-corrected chi connectivity index (χ0v) is 24.0. The molecule has 8 nitrogen and oxygen atoms in total. The van der Waals surface area contributed by atoms with E-state index < -0.39 is 8.32 Å². The molecule has 2 aromatic heterocycles. The number of H-pyrrole nitrogens is 1. The minimum Gasteiger partial charge on any atom is -0.497 e. The van der Waals surface area contributed by atoms with Crippen molar-refractivity contribution >= 4 is 19.2 Å². The van der Waals surface area contributed by atoms with Crippen LogP contribution in [0, 0.1) is 0 Å². The van der Waals surface area contributed by atoms with Crippen molar-refractivity contribution in [2.45, 2.75) is 38.9 Å². The molecular weight excluding hydrogens is 498 g/mol. The first-order valence-electron chi connectivity index (χ1n) is 12.5. The zero-order valence-electron chi connectivity index (χ0n) is 23.0. The van der Waals surface area contributed by atoms with Crippen LogP contribution in [0.1, 0.15) is 20.8 Å². The lowest BCUT2D eigenvalue weighted by atomic mass is 10.1. The highest BCUT2D eigenvalue weighted by Gasteiger charge is 2.36. The molecule has 200 valence electrons. The van der Waals surface area contributed by atoms with E-state index in [1.165, 1.54) is 7.11 Å². The Morgan fingerprint density at radius 3 is 2.29 bits per heavy atom. The first-order valence-corrected chi connectivity index (χ1v) is 15.4. The number of aromatic nitrogens is 3. The highest BCUT2D eigenvalue weighted by Crippen LogP contribution is 2.37. The van der Waals surface area contributed by atoms with Gasteiger partial charge in [-0.3, -0.25) is 4.79 Å². The minimum atomic E-state index is -1.87. The quantitative estimate of drug-likeness (QED) is 0.206. The van der Waals surface area contributed by atoms with Crippen LogP contribution in [0.4, 0.5) is 0 Å². The van der Waals surface area contributed by atoms with Crippen LogP contribution in [0.15, 0.2) is 59.4 Å². The van der Waals surface area contributed by atoms with Crippen molar-refractivity contribution in [1.82, 2.24) is 15.0 Å². The summed E-state index contributed by atoms with van der Waals surface area (Å²) in [6, 6.07) is 16.8. The number of ether oxygens (including phenoxy) is 3. The van der Waals surface area contributed by atoms with E-state index in [1.807, 2.05) is 36.4 Å². The molecule has 0 unspecified atom stereocenters. The maximum absolute atomic E-state index is 13.0. The summed E-state index contributed by atoms with van der Waals surface area (Å²) < 4.78 is 23.2. The number of hydrogen-bond donors (Lipinski definition) is 1. The van der Waals surface area contributed by atoms with Crippen LogP contribution in [0.5, 0.6) is 17.2 Å². The van der Waals surface area contributed by atoms with Crippen LogP contribution in [0.2, 0.25) is 18.1 Å². The van der Waals surface area contributed by atoms with Crippen molar-refractivity contribution in [2.24, 2.45) is 0 Å². The van der Waals surface area contributed by atoms with Crippen LogP contribution >= 0.6 is 0 Å². The molecule has 38 heavy (non-hydrogen) atoms. The molecule has 0 amide bonds. The molecule has 0 saturated heterocycles. The molecule has 0 fully saturated rings. The van der Waals surface area contributed by atoms with E-state index in [4.69, 9.17) is 23.6 Å². The zero-order chi connectivity index (χ0) is 27.5. The van der Waals surface area contributed by atoms with Crippen molar-refractivity contribution in [3.63, 3.8) is 0 Å². The lowest BCUT2D eigenvalue weighted by molar-refractivity contribution is 0.203. The number of pyridine rings is 1. The van der Waals surface area contributed by atoms with Crippen molar-refractivity contribution in [3.05, 3.63) is 65.0 Å². The fourth-order valence-electron chi connectivity index (χ4n) is 3.77. The van der Waals surface area contributed by atoms with Gasteiger partial charge in [-0.15, -0.1) is 0 Å². The van der Waals surface area contributed by atoms with Gasteiger partial charge in [0.05, 0.1) is 26.3 Å². The molecule has 0 bridgehead atoms. The molecule has 2 aromatic carbocycles. The standard InChI is InChI=1S/C29H35N3O5Si/c1-29(2,3)38(6,7)37-16-15-36-23-14-13-21(30-26(23)19-11-9-8-10-12-19)27-31-22-17-20(34-4)18-24(35-5)25(22)28(33)32-27/h8-14,17-18H,15-16H2,1-7H3,(H,31,32,33). The van der Waals surface area contributed by atoms with Gasteiger partial charge >= 0.3 is 0 Å². The summed E-state index contributed by atoms with van der Waals surface area (Å²) in [5.74, 6) is 1.90. The fourth-order valence-corrected chi connectivity index (χ4v) is 4.80. The third-order valence-electron chi connectivity index (χ3n) is 6.96.